The molecule has 9 heteroatoms. The highest BCUT2D eigenvalue weighted by molar-refractivity contribution is 7.89. The van der Waals surface area contributed by atoms with Crippen LogP contribution in [0.25, 0.3) is 0 Å². The van der Waals surface area contributed by atoms with Crippen LogP contribution in [0.5, 0.6) is 0 Å². The normalized spacial score (nSPS) is 17.1. The average Bonchev–Trinajstić information content (AvgIpc) is 2.67. The van der Waals surface area contributed by atoms with Gasteiger partial charge in [0.05, 0.1) is 10.9 Å². The van der Waals surface area contributed by atoms with Gasteiger partial charge in [-0.05, 0) is 35.9 Å². The highest BCUT2D eigenvalue weighted by Gasteiger charge is 2.29. The number of carbonyl (C=O) groups excluding carboxylic acids is 1. The molecule has 0 aromatic heterocycles. The third kappa shape index (κ3) is 4.88. The van der Waals surface area contributed by atoms with Crippen LogP contribution in [0.3, 0.4) is 0 Å². The van der Waals surface area contributed by atoms with Crippen molar-refractivity contribution < 1.29 is 17.6 Å². The molecule has 2 aromatic carbocycles. The van der Waals surface area contributed by atoms with Crippen molar-refractivity contribution in [3.63, 3.8) is 0 Å². The molecule has 0 spiro atoms. The Morgan fingerprint density at radius 3 is 2.71 bits per heavy atom. The molecule has 1 heterocycles. The van der Waals surface area contributed by atoms with Crippen LogP contribution in [0.2, 0.25) is 0 Å². The zero-order chi connectivity index (χ0) is 19.4. The second kappa shape index (κ2) is 9.47. The van der Waals surface area contributed by atoms with Crippen LogP contribution in [-0.4, -0.2) is 45.4 Å². The Morgan fingerprint density at radius 1 is 1.25 bits per heavy atom. The second-order valence-corrected chi connectivity index (χ2v) is 8.07. The van der Waals surface area contributed by atoms with E-state index in [0.29, 0.717) is 25.2 Å². The summed E-state index contributed by atoms with van der Waals surface area (Å²) in [6.07, 6.45) is 0. The molecular formula is C19H23ClFN3O3S. The van der Waals surface area contributed by atoms with Gasteiger partial charge in [-0.25, -0.2) is 17.5 Å². The monoisotopic (exact) mass is 427 g/mol. The van der Waals surface area contributed by atoms with Gasteiger partial charge in [0.1, 0.15) is 5.82 Å². The number of hydrogen-bond donors (Lipinski definition) is 2. The third-order valence-electron chi connectivity index (χ3n) is 4.46. The molecular weight excluding hydrogens is 405 g/mol. The van der Waals surface area contributed by atoms with E-state index in [1.54, 1.807) is 36.1 Å². The van der Waals surface area contributed by atoms with E-state index in [4.69, 9.17) is 0 Å². The first-order chi connectivity index (χ1) is 12.9. The standard InChI is InChI=1S/C19H22FN3O3S.ClH/c1-2-22-27(25,26)17-8-4-6-15(12-17)19(24)23-10-9-21-13-18(23)14-5-3-7-16(20)11-14;/h3-8,11-12,18,21-22H,2,9-10,13H2,1H3;1H. The summed E-state index contributed by atoms with van der Waals surface area (Å²) >= 11 is 0. The van der Waals surface area contributed by atoms with E-state index in [1.807, 2.05) is 0 Å². The number of nitrogens with one attached hydrogen (secondary N) is 2. The van der Waals surface area contributed by atoms with Gasteiger partial charge in [-0.2, -0.15) is 0 Å². The van der Waals surface area contributed by atoms with Gasteiger partial charge in [0.2, 0.25) is 10.0 Å². The largest absolute Gasteiger partial charge is 0.329 e. The van der Waals surface area contributed by atoms with Gasteiger partial charge in [-0.15, -0.1) is 12.4 Å². The lowest BCUT2D eigenvalue weighted by Crippen LogP contribution is -2.48. The van der Waals surface area contributed by atoms with Crippen molar-refractivity contribution in [2.24, 2.45) is 0 Å². The van der Waals surface area contributed by atoms with Crippen LogP contribution in [0, 0.1) is 5.82 Å². The van der Waals surface area contributed by atoms with Crippen LogP contribution >= 0.6 is 12.4 Å². The van der Waals surface area contributed by atoms with Crippen molar-refractivity contribution in [3.8, 4) is 0 Å². The number of rotatable bonds is 5. The fraction of sp³-hybridized carbons (Fsp3) is 0.316. The minimum Gasteiger partial charge on any atom is -0.329 e. The Kier molecular flexibility index (Phi) is 7.54. The maximum Gasteiger partial charge on any atom is 0.254 e. The topological polar surface area (TPSA) is 78.5 Å². The summed E-state index contributed by atoms with van der Waals surface area (Å²) in [5, 5.41) is 3.22. The Labute approximate surface area is 170 Å². The van der Waals surface area contributed by atoms with Gasteiger partial charge in [0.15, 0.2) is 0 Å². The van der Waals surface area contributed by atoms with Gasteiger partial charge in [0, 0.05) is 31.7 Å². The molecule has 0 bridgehead atoms. The molecule has 1 unspecified atom stereocenters. The van der Waals surface area contributed by atoms with Crippen molar-refractivity contribution in [1.82, 2.24) is 14.9 Å². The number of halogens is 2. The Hall–Kier alpha value is -2.00. The summed E-state index contributed by atoms with van der Waals surface area (Å²) < 4.78 is 40.5. The number of nitrogens with zero attached hydrogens (tertiary/aromatic N) is 1. The SMILES string of the molecule is CCNS(=O)(=O)c1cccc(C(=O)N2CCNCC2c2cccc(F)c2)c1.Cl. The van der Waals surface area contributed by atoms with Crippen LogP contribution < -0.4 is 10.0 Å². The number of hydrogen-bond acceptors (Lipinski definition) is 4. The molecule has 3 rings (SSSR count). The number of amides is 1. The predicted molar refractivity (Wildman–Crippen MR) is 108 cm³/mol. The Morgan fingerprint density at radius 2 is 2.00 bits per heavy atom. The molecule has 1 amide bonds. The molecule has 1 saturated heterocycles. The van der Waals surface area contributed by atoms with Gasteiger partial charge in [-0.3, -0.25) is 4.79 Å². The Bertz CT molecular complexity index is 940. The van der Waals surface area contributed by atoms with Gasteiger partial charge < -0.3 is 10.2 Å². The number of piperazine rings is 1. The summed E-state index contributed by atoms with van der Waals surface area (Å²) in [5.74, 6) is -0.636. The van der Waals surface area contributed by atoms with E-state index in [-0.39, 0.29) is 47.2 Å². The highest BCUT2D eigenvalue weighted by atomic mass is 35.5. The number of sulfonamides is 1. The molecule has 1 atom stereocenters. The van der Waals surface area contributed by atoms with E-state index < -0.39 is 10.0 Å². The maximum atomic E-state index is 13.6. The predicted octanol–water partition coefficient (Wildman–Crippen LogP) is 2.33. The van der Waals surface area contributed by atoms with Crippen molar-refractivity contribution >= 4 is 28.3 Å². The molecule has 152 valence electrons. The molecule has 2 aromatic rings. The van der Waals surface area contributed by atoms with Gasteiger partial charge in [-0.1, -0.05) is 25.1 Å². The molecule has 6 nitrogen and oxygen atoms in total. The minimum atomic E-state index is -3.65. The van der Waals surface area contributed by atoms with Crippen molar-refractivity contribution in [3.05, 3.63) is 65.5 Å². The highest BCUT2D eigenvalue weighted by Crippen LogP contribution is 2.25. The second-order valence-electron chi connectivity index (χ2n) is 6.30. The summed E-state index contributed by atoms with van der Waals surface area (Å²) in [4.78, 5) is 14.8. The molecule has 28 heavy (non-hydrogen) atoms. The van der Waals surface area contributed by atoms with Crippen molar-refractivity contribution in [1.29, 1.82) is 0 Å². The third-order valence-corrected chi connectivity index (χ3v) is 6.01. The first-order valence-electron chi connectivity index (χ1n) is 8.79. The first-order valence-corrected chi connectivity index (χ1v) is 10.3. The van der Waals surface area contributed by atoms with Crippen LogP contribution in [0.1, 0.15) is 28.9 Å². The quantitative estimate of drug-likeness (QED) is 0.767. The number of benzene rings is 2. The summed E-state index contributed by atoms with van der Waals surface area (Å²) in [6.45, 7) is 3.53. The van der Waals surface area contributed by atoms with E-state index in [1.165, 1.54) is 24.3 Å². The summed E-state index contributed by atoms with van der Waals surface area (Å²) in [7, 11) is -3.65. The minimum absolute atomic E-state index is 0. The van der Waals surface area contributed by atoms with Crippen molar-refractivity contribution in [2.75, 3.05) is 26.2 Å². The number of carbonyl (C=O) groups is 1. The average molecular weight is 428 g/mol. The lowest BCUT2D eigenvalue weighted by molar-refractivity contribution is 0.0633. The Balaban J connectivity index is 0.00000280. The molecule has 1 aliphatic rings. The fourth-order valence-electron chi connectivity index (χ4n) is 3.19. The van der Waals surface area contributed by atoms with Gasteiger partial charge in [0.25, 0.3) is 5.91 Å². The molecule has 0 saturated carbocycles. The van der Waals surface area contributed by atoms with Crippen molar-refractivity contribution in [2.45, 2.75) is 17.9 Å². The van der Waals surface area contributed by atoms with E-state index in [9.17, 15) is 17.6 Å². The molecule has 1 fully saturated rings. The fourth-order valence-corrected chi connectivity index (χ4v) is 4.28. The van der Waals surface area contributed by atoms with Crippen LogP contribution in [0.15, 0.2) is 53.4 Å². The molecule has 0 aliphatic carbocycles. The maximum absolute atomic E-state index is 13.6. The molecule has 1 aliphatic heterocycles. The van der Waals surface area contributed by atoms with E-state index in [2.05, 4.69) is 10.0 Å². The van der Waals surface area contributed by atoms with E-state index >= 15 is 0 Å². The first kappa shape index (κ1) is 22.3. The smallest absolute Gasteiger partial charge is 0.254 e. The molecule has 0 radical (unpaired) electrons. The summed E-state index contributed by atoms with van der Waals surface area (Å²) in [5.41, 5.74) is 0.990. The van der Waals surface area contributed by atoms with E-state index in [0.717, 1.165) is 0 Å². The zero-order valence-corrected chi connectivity index (χ0v) is 17.0. The lowest BCUT2D eigenvalue weighted by atomic mass is 10.0. The van der Waals surface area contributed by atoms with Gasteiger partial charge >= 0.3 is 0 Å². The lowest BCUT2D eigenvalue weighted by Gasteiger charge is -2.36. The van der Waals surface area contributed by atoms with Crippen LogP contribution in [0.4, 0.5) is 4.39 Å². The zero-order valence-electron chi connectivity index (χ0n) is 15.4. The molecule has 2 N–H and O–H groups in total. The van der Waals surface area contributed by atoms with Crippen LogP contribution in [-0.2, 0) is 10.0 Å². The summed E-state index contributed by atoms with van der Waals surface area (Å²) in [6, 6.07) is 11.8.